The van der Waals surface area contributed by atoms with E-state index in [0.29, 0.717) is 0 Å². The Morgan fingerprint density at radius 1 is 1.14 bits per heavy atom. The van der Waals surface area contributed by atoms with Crippen LogP contribution in [0.15, 0.2) is 0 Å². The molecule has 0 aromatic rings. The van der Waals surface area contributed by atoms with Crippen molar-refractivity contribution in [1.82, 2.24) is 0 Å². The summed E-state index contributed by atoms with van der Waals surface area (Å²) in [6.07, 6.45) is -2.33. The van der Waals surface area contributed by atoms with Crippen molar-refractivity contribution in [2.24, 2.45) is 0 Å². The van der Waals surface area contributed by atoms with Crippen molar-refractivity contribution in [3.63, 3.8) is 0 Å². The van der Waals surface area contributed by atoms with Crippen molar-refractivity contribution in [2.45, 2.75) is 0 Å². The van der Waals surface area contributed by atoms with Gasteiger partial charge in [0.05, 0.1) is 0 Å². The van der Waals surface area contributed by atoms with E-state index in [2.05, 4.69) is 0 Å². The number of carbonyl (C=O) groups is 1. The minimum atomic E-state index is -2.33. The van der Waals surface area contributed by atoms with Crippen LogP contribution in [0.4, 0.5) is 4.79 Å². The molecule has 0 aliphatic rings. The SMILES string of the molecule is O=C([O-])[O-].[Ag+].[Ag+].[CaH2]. The fraction of sp³-hybridized carbons (Fsp3) is 0. The maximum absolute atomic E-state index is 8.33. The first-order valence-electron chi connectivity index (χ1n) is 0.612. The molecule has 0 fully saturated rings. The van der Waals surface area contributed by atoms with E-state index < -0.39 is 6.16 Å². The van der Waals surface area contributed by atoms with Crippen molar-refractivity contribution < 1.29 is 59.8 Å². The average Bonchev–Trinajstić information content (AvgIpc) is 0.811. The first kappa shape index (κ1) is 23.0. The fourth-order valence-electron chi connectivity index (χ4n) is 0. The van der Waals surface area contributed by atoms with E-state index in [-0.39, 0.29) is 82.5 Å². The Hall–Kier alpha value is 2.01. The van der Waals surface area contributed by atoms with E-state index in [4.69, 9.17) is 15.0 Å². The summed E-state index contributed by atoms with van der Waals surface area (Å²) in [5.74, 6) is 0. The Bertz CT molecular complexity index is 35.9. The Balaban J connectivity index is -0.0000000150. The van der Waals surface area contributed by atoms with Gasteiger partial charge in [0, 0.05) is 0 Å². The van der Waals surface area contributed by atoms with Crippen molar-refractivity contribution >= 4 is 43.9 Å². The molecule has 0 aliphatic carbocycles. The second-order valence-electron chi connectivity index (χ2n) is 0.250. The Kier molecular flexibility index (Phi) is 51.6. The first-order chi connectivity index (χ1) is 1.73. The Morgan fingerprint density at radius 3 is 1.14 bits per heavy atom. The first-order valence-corrected chi connectivity index (χ1v) is 0.612. The van der Waals surface area contributed by atoms with Gasteiger partial charge in [0.2, 0.25) is 0 Å². The van der Waals surface area contributed by atoms with Gasteiger partial charge in [0.25, 0.3) is 0 Å². The predicted octanol–water partition coefficient (Wildman–Crippen LogP) is -3.37. The molecule has 0 bridgehead atoms. The third-order valence-corrected chi connectivity index (χ3v) is 0. The number of carboxylic acid groups (broad SMARTS) is 2. The van der Waals surface area contributed by atoms with Gasteiger partial charge in [0.15, 0.2) is 0 Å². The molecule has 0 saturated carbocycles. The molecule has 48 valence electrons. The van der Waals surface area contributed by atoms with Gasteiger partial charge < -0.3 is 15.0 Å². The van der Waals surface area contributed by atoms with Crippen LogP contribution in [-0.4, -0.2) is 43.9 Å². The summed E-state index contributed by atoms with van der Waals surface area (Å²) in [5.41, 5.74) is 0. The van der Waals surface area contributed by atoms with Crippen LogP contribution in [0.5, 0.6) is 0 Å². The van der Waals surface area contributed by atoms with Crippen LogP contribution >= 0.6 is 0 Å². The summed E-state index contributed by atoms with van der Waals surface area (Å²) in [6, 6.07) is 0. The van der Waals surface area contributed by atoms with E-state index in [1.807, 2.05) is 0 Å². The quantitative estimate of drug-likeness (QED) is 0.438. The summed E-state index contributed by atoms with van der Waals surface area (Å²) in [7, 11) is 0. The summed E-state index contributed by atoms with van der Waals surface area (Å²) in [6.45, 7) is 0. The van der Waals surface area contributed by atoms with E-state index in [9.17, 15) is 0 Å². The van der Waals surface area contributed by atoms with Gasteiger partial charge in [-0.3, -0.25) is 0 Å². The third-order valence-electron chi connectivity index (χ3n) is 0. The molecule has 7 heavy (non-hydrogen) atoms. The van der Waals surface area contributed by atoms with Crippen LogP contribution in [0.2, 0.25) is 0 Å². The summed E-state index contributed by atoms with van der Waals surface area (Å²) >= 11 is 0. The van der Waals surface area contributed by atoms with Gasteiger partial charge >= 0.3 is 82.5 Å². The molecule has 0 heterocycles. The van der Waals surface area contributed by atoms with Gasteiger partial charge in [-0.2, -0.15) is 0 Å². The molecular weight excluding hydrogens is 316 g/mol. The summed E-state index contributed by atoms with van der Waals surface area (Å²) in [4.78, 5) is 8.33. The molecule has 0 spiro atoms. The minimum absolute atomic E-state index is 0. The van der Waals surface area contributed by atoms with Crippen LogP contribution in [0.1, 0.15) is 0 Å². The molecule has 6 heteroatoms. The van der Waals surface area contributed by atoms with E-state index >= 15 is 0 Å². The molecule has 0 rings (SSSR count). The zero-order valence-corrected chi connectivity index (χ0v) is 5.29. The zero-order valence-electron chi connectivity index (χ0n) is 2.33. The van der Waals surface area contributed by atoms with Crippen molar-refractivity contribution in [3.05, 3.63) is 0 Å². The van der Waals surface area contributed by atoms with Crippen LogP contribution in [0, 0.1) is 0 Å². The van der Waals surface area contributed by atoms with Crippen molar-refractivity contribution in [1.29, 1.82) is 0 Å². The Labute approximate surface area is 102 Å². The summed E-state index contributed by atoms with van der Waals surface area (Å²) < 4.78 is 0. The molecule has 0 aliphatic heterocycles. The van der Waals surface area contributed by atoms with Gasteiger partial charge in [-0.05, 0) is 6.16 Å². The van der Waals surface area contributed by atoms with Crippen molar-refractivity contribution in [2.75, 3.05) is 0 Å². The van der Waals surface area contributed by atoms with E-state index in [0.717, 1.165) is 0 Å². The third kappa shape index (κ3) is 71.6. The maximum atomic E-state index is 8.33. The molecule has 0 aromatic carbocycles. The Morgan fingerprint density at radius 2 is 1.14 bits per heavy atom. The van der Waals surface area contributed by atoms with Crippen LogP contribution < -0.4 is 10.2 Å². The molecule has 0 radical (unpaired) electrons. The molecule has 0 amide bonds. The molecule has 0 atom stereocenters. The molecule has 3 nitrogen and oxygen atoms in total. The van der Waals surface area contributed by atoms with Gasteiger partial charge in [-0.15, -0.1) is 0 Å². The second-order valence-corrected chi connectivity index (χ2v) is 0.250. The summed E-state index contributed by atoms with van der Waals surface area (Å²) in [5, 5.41) is 16.7. The zero-order chi connectivity index (χ0) is 3.58. The normalized spacial score (nSPS) is 3.43. The predicted molar refractivity (Wildman–Crippen MR) is 13.9 cm³/mol. The topological polar surface area (TPSA) is 63.2 Å². The molecular formula is CH2Ag2CaO3. The van der Waals surface area contributed by atoms with Gasteiger partial charge in [-0.25, -0.2) is 0 Å². The monoisotopic (exact) mass is 316 g/mol. The van der Waals surface area contributed by atoms with E-state index in [1.165, 1.54) is 0 Å². The number of rotatable bonds is 0. The number of hydrogen-bond donors (Lipinski definition) is 0. The van der Waals surface area contributed by atoms with Gasteiger partial charge in [0.1, 0.15) is 0 Å². The number of hydrogen-bond acceptors (Lipinski definition) is 3. The van der Waals surface area contributed by atoms with Crippen molar-refractivity contribution in [3.8, 4) is 0 Å². The fourth-order valence-corrected chi connectivity index (χ4v) is 0. The molecule has 0 N–H and O–H groups in total. The molecule has 0 saturated heterocycles. The molecule has 0 unspecified atom stereocenters. The van der Waals surface area contributed by atoms with Crippen LogP contribution in [-0.2, 0) is 44.8 Å². The van der Waals surface area contributed by atoms with Gasteiger partial charge in [-0.1, -0.05) is 0 Å². The van der Waals surface area contributed by atoms with Crippen LogP contribution in [0.25, 0.3) is 0 Å². The molecule has 0 aromatic heterocycles. The average molecular weight is 318 g/mol. The van der Waals surface area contributed by atoms with E-state index in [1.54, 1.807) is 0 Å². The standard InChI is InChI=1S/CH2O3.2Ag.Ca.2H/c2-1(3)4;;;;;/h(H2,2,3,4);;;;;/q;2*+1;;;/p-2. The second kappa shape index (κ2) is 15.7. The number of carbonyl (C=O) groups excluding carboxylic acids is 1. The van der Waals surface area contributed by atoms with Crippen LogP contribution in [0.3, 0.4) is 0 Å².